The monoisotopic (exact) mass is 460 g/mol. The second kappa shape index (κ2) is 10.3. The topological polar surface area (TPSA) is 58.1 Å². The van der Waals surface area contributed by atoms with E-state index in [9.17, 15) is 4.79 Å². The van der Waals surface area contributed by atoms with Crippen molar-refractivity contribution in [1.82, 2.24) is 14.9 Å². The van der Waals surface area contributed by atoms with Gasteiger partial charge in [0, 0.05) is 41.3 Å². The van der Waals surface area contributed by atoms with Crippen molar-refractivity contribution in [2.45, 2.75) is 58.9 Å². The second-order valence-corrected chi connectivity index (χ2v) is 9.96. The minimum absolute atomic E-state index is 0.0814. The van der Waals surface area contributed by atoms with Gasteiger partial charge in [0.25, 0.3) is 0 Å². The van der Waals surface area contributed by atoms with Gasteiger partial charge in [0.15, 0.2) is 0 Å². The number of aromatic nitrogens is 2. The Morgan fingerprint density at radius 2 is 1.91 bits per heavy atom. The molecular weight excluding hydrogens is 428 g/mol. The summed E-state index contributed by atoms with van der Waals surface area (Å²) in [5, 5.41) is 4.31. The third kappa shape index (κ3) is 5.33. The number of carbonyl (C=O) groups excluding carboxylic acids is 1. The highest BCUT2D eigenvalue weighted by atomic mass is 32.1. The Labute approximate surface area is 200 Å². The first-order valence-corrected chi connectivity index (χ1v) is 12.5. The van der Waals surface area contributed by atoms with Crippen molar-refractivity contribution in [1.29, 1.82) is 0 Å². The molecule has 1 fully saturated rings. The normalized spacial score (nSPS) is 15.1. The fourth-order valence-corrected chi connectivity index (χ4v) is 5.23. The minimum Gasteiger partial charge on any atom is -0.361 e. The summed E-state index contributed by atoms with van der Waals surface area (Å²) in [6.45, 7) is 10.4. The molecule has 0 saturated heterocycles. The maximum atomic E-state index is 13.2. The predicted octanol–water partition coefficient (Wildman–Crippen LogP) is 7.01. The van der Waals surface area contributed by atoms with Gasteiger partial charge in [-0.25, -0.2) is 9.97 Å². The summed E-state index contributed by atoms with van der Waals surface area (Å²) < 4.78 is 0. The largest absolute Gasteiger partial charge is 0.361 e. The summed E-state index contributed by atoms with van der Waals surface area (Å²) >= 11 is 1.59. The van der Waals surface area contributed by atoms with Gasteiger partial charge < -0.3 is 10.2 Å². The van der Waals surface area contributed by atoms with Crippen LogP contribution in [0.15, 0.2) is 66.6 Å². The van der Waals surface area contributed by atoms with Gasteiger partial charge in [-0.3, -0.25) is 4.79 Å². The maximum absolute atomic E-state index is 13.2. The number of fused-ring (bicyclic) bond motifs is 1. The standard InChI is InChI=1S/C27H32N4OS/c1-18(2)31(27(32)22-9-6-5-7-10-22)20(4)19(3)17-29-23-14-12-21(13-15-23)25-30-24-11-8-16-28-26(24)33-25/h8,11-18,22,29H,4-7,9-10H2,1-3H3/b19-17-. The van der Waals surface area contributed by atoms with Crippen molar-refractivity contribution in [2.75, 3.05) is 5.32 Å². The molecule has 4 rings (SSSR count). The fraction of sp³-hybridized carbons (Fsp3) is 0.370. The summed E-state index contributed by atoms with van der Waals surface area (Å²) in [6, 6.07) is 12.2. The number of nitrogens with one attached hydrogen (secondary N) is 1. The van der Waals surface area contributed by atoms with Crippen LogP contribution in [0.2, 0.25) is 0 Å². The predicted molar refractivity (Wildman–Crippen MR) is 138 cm³/mol. The molecule has 0 bridgehead atoms. The molecule has 0 atom stereocenters. The molecule has 1 aromatic carbocycles. The minimum atomic E-state index is 0.0814. The second-order valence-electron chi connectivity index (χ2n) is 8.98. The molecule has 2 aromatic heterocycles. The number of pyridine rings is 1. The van der Waals surface area contributed by atoms with Gasteiger partial charge in [-0.15, -0.1) is 0 Å². The van der Waals surface area contributed by atoms with E-state index in [-0.39, 0.29) is 17.9 Å². The van der Waals surface area contributed by atoms with E-state index >= 15 is 0 Å². The van der Waals surface area contributed by atoms with E-state index in [4.69, 9.17) is 0 Å². The molecule has 3 aromatic rings. The highest BCUT2D eigenvalue weighted by molar-refractivity contribution is 7.21. The van der Waals surface area contributed by atoms with E-state index in [1.54, 1.807) is 17.5 Å². The first kappa shape index (κ1) is 23.2. The number of hydrogen-bond acceptors (Lipinski definition) is 5. The van der Waals surface area contributed by atoms with Gasteiger partial charge in [0.2, 0.25) is 5.91 Å². The van der Waals surface area contributed by atoms with Crippen molar-refractivity contribution < 1.29 is 4.79 Å². The summed E-state index contributed by atoms with van der Waals surface area (Å²) in [7, 11) is 0. The zero-order valence-corrected chi connectivity index (χ0v) is 20.5. The van der Waals surface area contributed by atoms with Gasteiger partial charge in [0.1, 0.15) is 15.4 Å². The van der Waals surface area contributed by atoms with Crippen LogP contribution in [0.25, 0.3) is 20.9 Å². The van der Waals surface area contributed by atoms with E-state index in [0.29, 0.717) is 0 Å². The average molecular weight is 461 g/mol. The molecule has 1 amide bonds. The SMILES string of the molecule is C=C(/C(C)=C\Nc1ccc(-c2nc3cccnc3s2)cc1)N(C(=O)C1CCCCC1)C(C)C. The van der Waals surface area contributed by atoms with Crippen LogP contribution in [-0.4, -0.2) is 26.8 Å². The van der Waals surface area contributed by atoms with Crippen LogP contribution in [0.4, 0.5) is 5.69 Å². The molecule has 0 spiro atoms. The lowest BCUT2D eigenvalue weighted by atomic mass is 9.87. The van der Waals surface area contributed by atoms with Crippen LogP contribution in [0.5, 0.6) is 0 Å². The van der Waals surface area contributed by atoms with Crippen LogP contribution in [0.1, 0.15) is 52.9 Å². The molecule has 0 unspecified atom stereocenters. The van der Waals surface area contributed by atoms with Gasteiger partial charge in [-0.05, 0) is 75.6 Å². The fourth-order valence-electron chi connectivity index (χ4n) is 4.31. The summed E-state index contributed by atoms with van der Waals surface area (Å²) in [4.78, 5) is 25.1. The van der Waals surface area contributed by atoms with Crippen LogP contribution < -0.4 is 5.32 Å². The Kier molecular flexibility index (Phi) is 7.23. The number of nitrogens with zero attached hydrogens (tertiary/aromatic N) is 3. The molecular formula is C27H32N4OS. The van der Waals surface area contributed by atoms with E-state index < -0.39 is 0 Å². The molecule has 2 heterocycles. The number of carbonyl (C=O) groups is 1. The molecule has 1 aliphatic rings. The average Bonchev–Trinajstić information content (AvgIpc) is 3.27. The number of allylic oxidation sites excluding steroid dienone is 1. The molecule has 1 aliphatic carbocycles. The van der Waals surface area contributed by atoms with Crippen molar-refractivity contribution in [3.63, 3.8) is 0 Å². The van der Waals surface area contributed by atoms with Crippen molar-refractivity contribution in [3.05, 3.63) is 66.6 Å². The molecule has 0 aliphatic heterocycles. The Morgan fingerprint density at radius 1 is 1.18 bits per heavy atom. The molecule has 6 heteroatoms. The number of amides is 1. The molecule has 0 radical (unpaired) electrons. The highest BCUT2D eigenvalue weighted by Gasteiger charge is 2.29. The van der Waals surface area contributed by atoms with E-state index in [1.807, 2.05) is 42.3 Å². The zero-order chi connectivity index (χ0) is 23.4. The smallest absolute Gasteiger partial charge is 0.230 e. The van der Waals surface area contributed by atoms with E-state index in [1.165, 1.54) is 6.42 Å². The highest BCUT2D eigenvalue weighted by Crippen LogP contribution is 2.30. The van der Waals surface area contributed by atoms with Crippen molar-refractivity contribution >= 4 is 33.3 Å². The summed E-state index contributed by atoms with van der Waals surface area (Å²) in [5.41, 5.74) is 4.69. The van der Waals surface area contributed by atoms with E-state index in [2.05, 4.69) is 47.8 Å². The lowest BCUT2D eigenvalue weighted by Gasteiger charge is -2.34. The third-order valence-electron chi connectivity index (χ3n) is 6.21. The van der Waals surface area contributed by atoms with Crippen molar-refractivity contribution in [2.24, 2.45) is 5.92 Å². The van der Waals surface area contributed by atoms with Crippen LogP contribution >= 0.6 is 11.3 Å². The quantitative estimate of drug-likeness (QED) is 0.385. The lowest BCUT2D eigenvalue weighted by Crippen LogP contribution is -2.41. The van der Waals surface area contributed by atoms with Gasteiger partial charge in [-0.2, -0.15) is 0 Å². The first-order valence-electron chi connectivity index (χ1n) is 11.7. The number of anilines is 1. The Hall–Kier alpha value is -2.99. The molecule has 1 saturated carbocycles. The van der Waals surface area contributed by atoms with Crippen LogP contribution in [0, 0.1) is 5.92 Å². The van der Waals surface area contributed by atoms with Crippen LogP contribution in [-0.2, 0) is 4.79 Å². The number of rotatable bonds is 7. The zero-order valence-electron chi connectivity index (χ0n) is 19.7. The van der Waals surface area contributed by atoms with E-state index in [0.717, 1.165) is 63.6 Å². The Balaban J connectivity index is 1.43. The number of benzene rings is 1. The van der Waals surface area contributed by atoms with Crippen molar-refractivity contribution in [3.8, 4) is 10.6 Å². The van der Waals surface area contributed by atoms with Gasteiger partial charge >= 0.3 is 0 Å². The molecule has 172 valence electrons. The van der Waals surface area contributed by atoms with Gasteiger partial charge in [-0.1, -0.05) is 37.2 Å². The third-order valence-corrected chi connectivity index (χ3v) is 7.24. The lowest BCUT2D eigenvalue weighted by molar-refractivity contribution is -0.135. The molecule has 1 N–H and O–H groups in total. The Bertz CT molecular complexity index is 1120. The first-order chi connectivity index (χ1) is 15.9. The number of hydrogen-bond donors (Lipinski definition) is 1. The summed E-state index contributed by atoms with van der Waals surface area (Å²) in [6.07, 6.45) is 9.25. The molecule has 5 nitrogen and oxygen atoms in total. The Morgan fingerprint density at radius 3 is 2.58 bits per heavy atom. The molecule has 33 heavy (non-hydrogen) atoms. The van der Waals surface area contributed by atoms with Crippen LogP contribution in [0.3, 0.4) is 0 Å². The number of thiazole rings is 1. The van der Waals surface area contributed by atoms with Gasteiger partial charge in [0.05, 0.1) is 0 Å². The maximum Gasteiger partial charge on any atom is 0.230 e. The summed E-state index contributed by atoms with van der Waals surface area (Å²) in [5.74, 6) is 0.348.